The standard InChI is InChI=1S/C23H18N2O4/c26-22(28-15-21-24-25-23(29-21)18-11-5-2-6-12-18)16-27-20-14-8-7-13-19(20)17-9-3-1-4-10-17/h1-14H,15-16H2. The quantitative estimate of drug-likeness (QED) is 0.435. The molecule has 3 aromatic carbocycles. The molecular formula is C23H18N2O4. The molecule has 0 aliphatic rings. The van der Waals surface area contributed by atoms with Crippen LogP contribution in [0.4, 0.5) is 0 Å². The fourth-order valence-corrected chi connectivity index (χ4v) is 2.78. The van der Waals surface area contributed by atoms with E-state index in [1.165, 1.54) is 0 Å². The van der Waals surface area contributed by atoms with Crippen LogP contribution in [0.5, 0.6) is 5.75 Å². The minimum Gasteiger partial charge on any atom is -0.481 e. The highest BCUT2D eigenvalue weighted by molar-refractivity contribution is 5.73. The number of benzene rings is 3. The lowest BCUT2D eigenvalue weighted by molar-refractivity contribution is -0.148. The molecule has 0 radical (unpaired) electrons. The van der Waals surface area contributed by atoms with Crippen LogP contribution in [0.2, 0.25) is 0 Å². The second kappa shape index (κ2) is 8.84. The summed E-state index contributed by atoms with van der Waals surface area (Å²) in [6, 6.07) is 26.8. The molecule has 0 atom stereocenters. The van der Waals surface area contributed by atoms with Gasteiger partial charge < -0.3 is 13.9 Å². The van der Waals surface area contributed by atoms with Crippen molar-refractivity contribution >= 4 is 5.97 Å². The molecule has 4 rings (SSSR count). The van der Waals surface area contributed by atoms with Crippen molar-refractivity contribution in [3.05, 3.63) is 90.8 Å². The number of para-hydroxylation sites is 1. The van der Waals surface area contributed by atoms with Gasteiger partial charge in [0.25, 0.3) is 5.89 Å². The monoisotopic (exact) mass is 386 g/mol. The van der Waals surface area contributed by atoms with Crippen LogP contribution in [-0.4, -0.2) is 22.8 Å². The maximum absolute atomic E-state index is 12.1. The minimum absolute atomic E-state index is 0.109. The van der Waals surface area contributed by atoms with Crippen molar-refractivity contribution in [3.8, 4) is 28.3 Å². The first-order valence-electron chi connectivity index (χ1n) is 9.10. The van der Waals surface area contributed by atoms with Gasteiger partial charge in [0.1, 0.15) is 5.75 Å². The smallest absolute Gasteiger partial charge is 0.344 e. The Morgan fingerprint density at radius 1 is 0.793 bits per heavy atom. The van der Waals surface area contributed by atoms with E-state index in [1.54, 1.807) is 0 Å². The highest BCUT2D eigenvalue weighted by Gasteiger charge is 2.12. The molecule has 0 unspecified atom stereocenters. The number of aromatic nitrogens is 2. The fraction of sp³-hybridized carbons (Fsp3) is 0.0870. The van der Waals surface area contributed by atoms with Gasteiger partial charge >= 0.3 is 5.97 Å². The van der Waals surface area contributed by atoms with Gasteiger partial charge in [0, 0.05) is 11.1 Å². The summed E-state index contributed by atoms with van der Waals surface area (Å²) in [6.07, 6.45) is 0. The van der Waals surface area contributed by atoms with E-state index in [9.17, 15) is 4.79 Å². The van der Waals surface area contributed by atoms with Gasteiger partial charge in [-0.1, -0.05) is 66.7 Å². The maximum atomic E-state index is 12.1. The fourth-order valence-electron chi connectivity index (χ4n) is 2.78. The second-order valence-electron chi connectivity index (χ2n) is 6.18. The van der Waals surface area contributed by atoms with Crippen LogP contribution < -0.4 is 4.74 Å². The number of ether oxygens (including phenoxy) is 2. The van der Waals surface area contributed by atoms with Crippen LogP contribution >= 0.6 is 0 Å². The van der Waals surface area contributed by atoms with Crippen LogP contribution in [-0.2, 0) is 16.1 Å². The van der Waals surface area contributed by atoms with Crippen molar-refractivity contribution in [1.82, 2.24) is 10.2 Å². The molecule has 0 aliphatic carbocycles. The van der Waals surface area contributed by atoms with E-state index in [0.29, 0.717) is 11.6 Å². The van der Waals surface area contributed by atoms with Crippen LogP contribution in [0.3, 0.4) is 0 Å². The number of carbonyl (C=O) groups is 1. The Hall–Kier alpha value is -3.93. The first-order valence-corrected chi connectivity index (χ1v) is 9.10. The van der Waals surface area contributed by atoms with E-state index in [-0.39, 0.29) is 19.1 Å². The Balaban J connectivity index is 1.33. The number of nitrogens with zero attached hydrogens (tertiary/aromatic N) is 2. The lowest BCUT2D eigenvalue weighted by Crippen LogP contribution is -2.15. The summed E-state index contributed by atoms with van der Waals surface area (Å²) in [7, 11) is 0. The summed E-state index contributed by atoms with van der Waals surface area (Å²) in [4.78, 5) is 12.1. The van der Waals surface area contributed by atoms with Crippen molar-refractivity contribution in [1.29, 1.82) is 0 Å². The predicted octanol–water partition coefficient (Wildman–Crippen LogP) is 4.53. The predicted molar refractivity (Wildman–Crippen MR) is 107 cm³/mol. The molecule has 0 saturated heterocycles. The van der Waals surface area contributed by atoms with Crippen molar-refractivity contribution in [2.75, 3.05) is 6.61 Å². The van der Waals surface area contributed by atoms with E-state index in [4.69, 9.17) is 13.9 Å². The highest BCUT2D eigenvalue weighted by Crippen LogP contribution is 2.29. The third-order valence-electron chi connectivity index (χ3n) is 4.16. The summed E-state index contributed by atoms with van der Waals surface area (Å²) in [5.74, 6) is 0.693. The van der Waals surface area contributed by atoms with Crippen LogP contribution in [0.25, 0.3) is 22.6 Å². The van der Waals surface area contributed by atoms with Gasteiger partial charge in [-0.15, -0.1) is 10.2 Å². The van der Waals surface area contributed by atoms with Gasteiger partial charge in [-0.25, -0.2) is 4.79 Å². The third-order valence-corrected chi connectivity index (χ3v) is 4.16. The third kappa shape index (κ3) is 4.68. The summed E-state index contributed by atoms with van der Waals surface area (Å²) >= 11 is 0. The maximum Gasteiger partial charge on any atom is 0.344 e. The lowest BCUT2D eigenvalue weighted by Gasteiger charge is -2.11. The van der Waals surface area contributed by atoms with Gasteiger partial charge in [-0.3, -0.25) is 0 Å². The Morgan fingerprint density at radius 3 is 2.21 bits per heavy atom. The molecule has 0 fully saturated rings. The van der Waals surface area contributed by atoms with E-state index in [2.05, 4.69) is 10.2 Å². The zero-order valence-corrected chi connectivity index (χ0v) is 15.5. The van der Waals surface area contributed by atoms with Crippen molar-refractivity contribution in [2.24, 2.45) is 0 Å². The van der Waals surface area contributed by atoms with Crippen molar-refractivity contribution < 1.29 is 18.7 Å². The molecule has 1 heterocycles. The Labute approximate surface area is 167 Å². The van der Waals surface area contributed by atoms with Crippen LogP contribution in [0, 0.1) is 0 Å². The molecule has 144 valence electrons. The van der Waals surface area contributed by atoms with Gasteiger partial charge in [0.05, 0.1) is 0 Å². The molecule has 6 nitrogen and oxygen atoms in total. The molecule has 0 spiro atoms. The van der Waals surface area contributed by atoms with Gasteiger partial charge in [0.2, 0.25) is 5.89 Å². The van der Waals surface area contributed by atoms with Crippen molar-refractivity contribution in [3.63, 3.8) is 0 Å². The molecule has 29 heavy (non-hydrogen) atoms. The molecule has 0 amide bonds. The Morgan fingerprint density at radius 2 is 1.45 bits per heavy atom. The number of esters is 1. The second-order valence-corrected chi connectivity index (χ2v) is 6.18. The average molecular weight is 386 g/mol. The normalized spacial score (nSPS) is 10.5. The SMILES string of the molecule is O=C(COc1ccccc1-c1ccccc1)OCc1nnc(-c2ccccc2)o1. The number of hydrogen-bond acceptors (Lipinski definition) is 6. The molecule has 4 aromatic rings. The van der Waals surface area contributed by atoms with Crippen molar-refractivity contribution in [2.45, 2.75) is 6.61 Å². The Kier molecular flexibility index (Phi) is 5.62. The van der Waals surface area contributed by atoms with Gasteiger partial charge in [-0.2, -0.15) is 0 Å². The first-order chi connectivity index (χ1) is 14.3. The van der Waals surface area contributed by atoms with Crippen LogP contribution in [0.1, 0.15) is 5.89 Å². The summed E-state index contributed by atoms with van der Waals surface area (Å²) in [6.45, 7) is -0.327. The van der Waals surface area contributed by atoms with E-state index < -0.39 is 5.97 Å². The van der Waals surface area contributed by atoms with E-state index in [0.717, 1.165) is 16.7 Å². The molecule has 6 heteroatoms. The van der Waals surface area contributed by atoms with Crippen LogP contribution in [0.15, 0.2) is 89.3 Å². The minimum atomic E-state index is -0.521. The first kappa shape index (κ1) is 18.4. The number of hydrogen-bond donors (Lipinski definition) is 0. The van der Waals surface area contributed by atoms with E-state index in [1.807, 2.05) is 84.9 Å². The summed E-state index contributed by atoms with van der Waals surface area (Å²) in [5, 5.41) is 7.87. The largest absolute Gasteiger partial charge is 0.481 e. The molecule has 0 saturated carbocycles. The molecular weight excluding hydrogens is 368 g/mol. The zero-order chi connectivity index (χ0) is 19.9. The molecule has 0 N–H and O–H groups in total. The molecule has 0 bridgehead atoms. The average Bonchev–Trinajstić information content (AvgIpc) is 3.27. The topological polar surface area (TPSA) is 74.5 Å². The number of rotatable bonds is 7. The zero-order valence-electron chi connectivity index (χ0n) is 15.5. The summed E-state index contributed by atoms with van der Waals surface area (Å²) in [5.41, 5.74) is 2.72. The van der Waals surface area contributed by atoms with Gasteiger partial charge in [0.15, 0.2) is 13.2 Å². The Bertz CT molecular complexity index is 1080. The number of carbonyl (C=O) groups excluding carboxylic acids is 1. The lowest BCUT2D eigenvalue weighted by atomic mass is 10.1. The molecule has 1 aromatic heterocycles. The van der Waals surface area contributed by atoms with Gasteiger partial charge in [-0.05, 0) is 23.8 Å². The van der Waals surface area contributed by atoms with E-state index >= 15 is 0 Å². The molecule has 0 aliphatic heterocycles. The highest BCUT2D eigenvalue weighted by atomic mass is 16.6. The summed E-state index contributed by atoms with van der Waals surface area (Å²) < 4.78 is 16.4.